The van der Waals surface area contributed by atoms with Crippen molar-refractivity contribution in [3.63, 3.8) is 0 Å². The molecule has 1 aliphatic heterocycles. The van der Waals surface area contributed by atoms with Gasteiger partial charge < -0.3 is 0 Å². The van der Waals surface area contributed by atoms with Gasteiger partial charge in [0.25, 0.3) is 10.0 Å². The van der Waals surface area contributed by atoms with Gasteiger partial charge in [0.2, 0.25) is 0 Å². The lowest BCUT2D eigenvalue weighted by Gasteiger charge is -2.33. The van der Waals surface area contributed by atoms with Gasteiger partial charge in [-0.3, -0.25) is 4.90 Å². The van der Waals surface area contributed by atoms with Crippen molar-refractivity contribution >= 4 is 33.0 Å². The van der Waals surface area contributed by atoms with Gasteiger partial charge in [-0.25, -0.2) is 8.42 Å². The number of sulfonamides is 1. The Kier molecular flexibility index (Phi) is 6.05. The maximum absolute atomic E-state index is 12.8. The van der Waals surface area contributed by atoms with Crippen LogP contribution in [0.4, 0.5) is 13.2 Å². The summed E-state index contributed by atoms with van der Waals surface area (Å²) in [6.45, 7) is 1.82. The monoisotopic (exact) mass is 492 g/mol. The van der Waals surface area contributed by atoms with Gasteiger partial charge in [0.1, 0.15) is 4.21 Å². The smallest absolute Gasteiger partial charge is 0.293 e. The van der Waals surface area contributed by atoms with Crippen molar-refractivity contribution in [3.05, 3.63) is 52.1 Å². The number of hydrogen-bond donors (Lipinski definition) is 0. The Labute approximate surface area is 184 Å². The van der Waals surface area contributed by atoms with Gasteiger partial charge >= 0.3 is 6.18 Å². The van der Waals surface area contributed by atoms with E-state index in [1.165, 1.54) is 27.2 Å². The number of alkyl halides is 3. The highest BCUT2D eigenvalue weighted by molar-refractivity contribution is 7.91. The zero-order chi connectivity index (χ0) is 22.2. The van der Waals surface area contributed by atoms with Crippen LogP contribution in [0.3, 0.4) is 0 Å². The first kappa shape index (κ1) is 22.1. The van der Waals surface area contributed by atoms with E-state index in [4.69, 9.17) is 11.6 Å². The number of halogens is 4. The summed E-state index contributed by atoms with van der Waals surface area (Å²) in [7, 11) is -3.59. The molecule has 4 rings (SSSR count). The number of thiophene rings is 1. The summed E-state index contributed by atoms with van der Waals surface area (Å²) in [6, 6.07) is 7.60. The Balaban J connectivity index is 1.42. The van der Waals surface area contributed by atoms with E-state index in [1.807, 2.05) is 4.90 Å². The summed E-state index contributed by atoms with van der Waals surface area (Å²) < 4.78 is 67.1. The number of piperazine rings is 1. The Morgan fingerprint density at radius 2 is 1.71 bits per heavy atom. The average molecular weight is 493 g/mol. The fourth-order valence-corrected chi connectivity index (χ4v) is 6.25. The number of rotatable bonds is 5. The zero-order valence-electron chi connectivity index (χ0n) is 15.8. The van der Waals surface area contributed by atoms with Crippen molar-refractivity contribution in [3.8, 4) is 5.69 Å². The first-order valence-corrected chi connectivity index (χ1v) is 11.7. The van der Waals surface area contributed by atoms with Crippen LogP contribution in [0.5, 0.6) is 0 Å². The van der Waals surface area contributed by atoms with Crippen LogP contribution in [0.15, 0.2) is 40.6 Å². The third-order valence-electron chi connectivity index (χ3n) is 4.81. The van der Waals surface area contributed by atoms with E-state index >= 15 is 0 Å². The van der Waals surface area contributed by atoms with Gasteiger partial charge in [-0.2, -0.15) is 22.2 Å². The highest BCUT2D eigenvalue weighted by Crippen LogP contribution is 2.30. The molecule has 0 atom stereocenters. The van der Waals surface area contributed by atoms with Gasteiger partial charge in [0.15, 0.2) is 5.82 Å². The lowest BCUT2D eigenvalue weighted by Crippen LogP contribution is -2.48. The first-order valence-electron chi connectivity index (χ1n) is 9.07. The van der Waals surface area contributed by atoms with Gasteiger partial charge in [0, 0.05) is 26.2 Å². The number of hydrogen-bond acceptors (Lipinski definition) is 7. The second kappa shape index (κ2) is 8.47. The normalized spacial score (nSPS) is 16.6. The third-order valence-corrected chi connectivity index (χ3v) is 8.41. The number of benzene rings is 1. The number of tetrazole rings is 1. The van der Waals surface area contributed by atoms with Crippen LogP contribution in [0.2, 0.25) is 4.34 Å². The molecule has 0 spiro atoms. The van der Waals surface area contributed by atoms with Crippen LogP contribution >= 0.6 is 22.9 Å². The first-order chi connectivity index (χ1) is 14.6. The standard InChI is InChI=1S/C17H16ClF3N6O2S2/c18-14-5-6-16(30-14)31(28,29)26-9-7-25(8-10-26)11-15-22-23-24-27(15)13-3-1-12(2-4-13)17(19,20)21/h1-6H,7-11H2. The summed E-state index contributed by atoms with van der Waals surface area (Å²) in [5.41, 5.74) is -0.348. The van der Waals surface area contributed by atoms with Gasteiger partial charge in [-0.15, -0.1) is 16.4 Å². The molecule has 2 aromatic heterocycles. The lowest BCUT2D eigenvalue weighted by molar-refractivity contribution is -0.137. The van der Waals surface area contributed by atoms with Crippen LogP contribution in [0.25, 0.3) is 5.69 Å². The second-order valence-electron chi connectivity index (χ2n) is 6.79. The molecule has 0 unspecified atom stereocenters. The van der Waals surface area contributed by atoms with Gasteiger partial charge in [-0.1, -0.05) is 11.6 Å². The van der Waals surface area contributed by atoms with E-state index in [0.717, 1.165) is 23.5 Å². The molecule has 0 aliphatic carbocycles. The molecule has 1 fully saturated rings. The number of nitrogens with zero attached hydrogens (tertiary/aromatic N) is 6. The molecule has 0 bridgehead atoms. The Morgan fingerprint density at radius 3 is 2.29 bits per heavy atom. The summed E-state index contributed by atoms with van der Waals surface area (Å²) in [5.74, 6) is 0.445. The molecule has 1 aromatic carbocycles. The minimum Gasteiger partial charge on any atom is -0.293 e. The Hall–Kier alpha value is -2.06. The summed E-state index contributed by atoms with van der Waals surface area (Å²) >= 11 is 6.87. The van der Waals surface area contributed by atoms with Crippen molar-refractivity contribution in [1.82, 2.24) is 29.4 Å². The summed E-state index contributed by atoms with van der Waals surface area (Å²) in [6.07, 6.45) is -4.42. The van der Waals surface area contributed by atoms with Crippen molar-refractivity contribution in [2.24, 2.45) is 0 Å². The maximum atomic E-state index is 12.8. The van der Waals surface area contributed by atoms with Crippen molar-refractivity contribution in [1.29, 1.82) is 0 Å². The summed E-state index contributed by atoms with van der Waals surface area (Å²) in [5, 5.41) is 11.5. The minimum atomic E-state index is -4.42. The quantitative estimate of drug-likeness (QED) is 0.544. The average Bonchev–Trinajstić information content (AvgIpc) is 3.37. The van der Waals surface area contributed by atoms with Crippen molar-refractivity contribution < 1.29 is 21.6 Å². The molecule has 31 heavy (non-hydrogen) atoms. The number of aromatic nitrogens is 4. The molecule has 0 radical (unpaired) electrons. The molecule has 166 valence electrons. The van der Waals surface area contributed by atoms with E-state index in [0.29, 0.717) is 48.6 Å². The minimum absolute atomic E-state index is 0.206. The van der Waals surface area contributed by atoms with Gasteiger partial charge in [-0.05, 0) is 46.8 Å². The zero-order valence-corrected chi connectivity index (χ0v) is 18.2. The summed E-state index contributed by atoms with van der Waals surface area (Å²) in [4.78, 5) is 1.99. The van der Waals surface area contributed by atoms with Crippen LogP contribution in [0, 0.1) is 0 Å². The fourth-order valence-electron chi connectivity index (χ4n) is 3.19. The second-order valence-corrected chi connectivity index (χ2v) is 10.7. The van der Waals surface area contributed by atoms with Gasteiger partial charge in [0.05, 0.1) is 22.1 Å². The Bertz CT molecular complexity index is 1160. The van der Waals surface area contributed by atoms with Crippen LogP contribution in [-0.2, 0) is 22.7 Å². The van der Waals surface area contributed by atoms with E-state index in [1.54, 1.807) is 6.07 Å². The molecule has 0 N–H and O–H groups in total. The molecule has 14 heteroatoms. The highest BCUT2D eigenvalue weighted by atomic mass is 35.5. The fraction of sp³-hybridized carbons (Fsp3) is 0.353. The van der Waals surface area contributed by atoms with E-state index < -0.39 is 21.8 Å². The predicted molar refractivity (Wildman–Crippen MR) is 108 cm³/mol. The molecule has 1 saturated heterocycles. The van der Waals surface area contributed by atoms with E-state index in [-0.39, 0.29) is 4.21 Å². The topological polar surface area (TPSA) is 84.2 Å². The highest BCUT2D eigenvalue weighted by Gasteiger charge is 2.31. The Morgan fingerprint density at radius 1 is 1.03 bits per heavy atom. The molecule has 0 saturated carbocycles. The molecule has 3 heterocycles. The SMILES string of the molecule is O=S(=O)(c1ccc(Cl)s1)N1CCN(Cc2nnnn2-c2ccc(C(F)(F)F)cc2)CC1. The van der Waals surface area contributed by atoms with Crippen molar-refractivity contribution in [2.45, 2.75) is 16.9 Å². The van der Waals surface area contributed by atoms with Crippen LogP contribution in [-0.4, -0.2) is 64.0 Å². The molecule has 8 nitrogen and oxygen atoms in total. The maximum Gasteiger partial charge on any atom is 0.416 e. The lowest BCUT2D eigenvalue weighted by atomic mass is 10.2. The molecule has 1 aliphatic rings. The third kappa shape index (κ3) is 4.75. The van der Waals surface area contributed by atoms with E-state index in [9.17, 15) is 21.6 Å². The molecular formula is C17H16ClF3N6O2S2. The molecule has 0 amide bonds. The predicted octanol–water partition coefficient (Wildman–Crippen LogP) is 2.90. The largest absolute Gasteiger partial charge is 0.416 e. The van der Waals surface area contributed by atoms with Crippen molar-refractivity contribution in [2.75, 3.05) is 26.2 Å². The van der Waals surface area contributed by atoms with Crippen LogP contribution in [0.1, 0.15) is 11.4 Å². The van der Waals surface area contributed by atoms with Crippen LogP contribution < -0.4 is 0 Å². The molecule has 3 aromatic rings. The molecular weight excluding hydrogens is 477 g/mol. The van der Waals surface area contributed by atoms with E-state index in [2.05, 4.69) is 15.5 Å².